The number of methoxy groups -OCH3 is 1. The predicted molar refractivity (Wildman–Crippen MR) is 97.8 cm³/mol. The molecule has 1 aromatic carbocycles. The van der Waals surface area contributed by atoms with E-state index in [1.807, 2.05) is 0 Å². The molecule has 0 amide bonds. The fourth-order valence-electron chi connectivity index (χ4n) is 4.74. The molecule has 1 saturated carbocycles. The minimum absolute atomic E-state index is 0.165. The zero-order chi connectivity index (χ0) is 18.8. The molecule has 2 rings (SSSR count). The SMILES string of the molecule is CCOC(=O)C1(C(C)=O)C(OC)CCCC1c1c(C)cc(C)cc1C. The van der Waals surface area contributed by atoms with Crippen LogP contribution in [0.15, 0.2) is 12.1 Å². The quantitative estimate of drug-likeness (QED) is 0.596. The Hall–Kier alpha value is -1.68. The molecule has 0 saturated heterocycles. The third kappa shape index (κ3) is 3.24. The van der Waals surface area contributed by atoms with E-state index >= 15 is 0 Å². The molecule has 1 aromatic rings. The van der Waals surface area contributed by atoms with Crippen LogP contribution in [0, 0.1) is 26.2 Å². The van der Waals surface area contributed by atoms with Gasteiger partial charge in [0.1, 0.15) is 5.78 Å². The smallest absolute Gasteiger partial charge is 0.322 e. The van der Waals surface area contributed by atoms with E-state index in [4.69, 9.17) is 9.47 Å². The van der Waals surface area contributed by atoms with Crippen LogP contribution in [0.2, 0.25) is 0 Å². The Morgan fingerprint density at radius 1 is 1.16 bits per heavy atom. The van der Waals surface area contributed by atoms with Crippen molar-refractivity contribution in [2.45, 2.75) is 65.9 Å². The number of carbonyl (C=O) groups is 2. The van der Waals surface area contributed by atoms with Gasteiger partial charge in [0.25, 0.3) is 0 Å². The van der Waals surface area contributed by atoms with Crippen LogP contribution >= 0.6 is 0 Å². The summed E-state index contributed by atoms with van der Waals surface area (Å²) in [5, 5.41) is 0. The molecular formula is C21H30O4. The maximum atomic E-state index is 13.1. The number of hydrogen-bond acceptors (Lipinski definition) is 4. The van der Waals surface area contributed by atoms with Crippen LogP contribution in [0.25, 0.3) is 0 Å². The van der Waals surface area contributed by atoms with E-state index in [-0.39, 0.29) is 18.3 Å². The van der Waals surface area contributed by atoms with E-state index in [0.717, 1.165) is 29.5 Å². The van der Waals surface area contributed by atoms with Crippen molar-refractivity contribution in [3.05, 3.63) is 34.4 Å². The number of aryl methyl sites for hydroxylation is 3. The largest absolute Gasteiger partial charge is 0.465 e. The lowest BCUT2D eigenvalue weighted by Gasteiger charge is -2.46. The Balaban J connectivity index is 2.72. The van der Waals surface area contributed by atoms with Crippen LogP contribution < -0.4 is 0 Å². The standard InChI is InChI=1S/C21H30O4/c1-7-25-20(23)21(16(5)22)17(9-8-10-18(21)24-6)19-14(3)11-13(2)12-15(19)4/h11-12,17-18H,7-10H2,1-6H3. The summed E-state index contributed by atoms with van der Waals surface area (Å²) in [6, 6.07) is 4.24. The summed E-state index contributed by atoms with van der Waals surface area (Å²) in [5.41, 5.74) is 3.25. The summed E-state index contributed by atoms with van der Waals surface area (Å²) in [4.78, 5) is 26.0. The average molecular weight is 346 g/mol. The Kier molecular flexibility index (Phi) is 6.04. The summed E-state index contributed by atoms with van der Waals surface area (Å²) in [6.07, 6.45) is 1.94. The van der Waals surface area contributed by atoms with Crippen LogP contribution in [-0.2, 0) is 19.1 Å². The first-order valence-corrected chi connectivity index (χ1v) is 9.09. The molecule has 1 fully saturated rings. The molecule has 0 spiro atoms. The number of Topliss-reactive ketones (excluding diaryl/α,β-unsaturated/α-hetero) is 1. The number of ketones is 1. The van der Waals surface area contributed by atoms with Gasteiger partial charge in [-0.25, -0.2) is 0 Å². The molecule has 4 nitrogen and oxygen atoms in total. The van der Waals surface area contributed by atoms with E-state index < -0.39 is 17.5 Å². The van der Waals surface area contributed by atoms with Crippen molar-refractivity contribution < 1.29 is 19.1 Å². The van der Waals surface area contributed by atoms with Crippen molar-refractivity contribution >= 4 is 11.8 Å². The van der Waals surface area contributed by atoms with Crippen molar-refractivity contribution in [2.75, 3.05) is 13.7 Å². The third-order valence-electron chi connectivity index (χ3n) is 5.58. The van der Waals surface area contributed by atoms with Crippen LogP contribution in [0.5, 0.6) is 0 Å². The highest BCUT2D eigenvalue weighted by atomic mass is 16.5. The highest BCUT2D eigenvalue weighted by Crippen LogP contribution is 2.51. The summed E-state index contributed by atoms with van der Waals surface area (Å²) >= 11 is 0. The first-order valence-electron chi connectivity index (χ1n) is 9.09. The van der Waals surface area contributed by atoms with Gasteiger partial charge in [0.05, 0.1) is 12.7 Å². The van der Waals surface area contributed by atoms with Gasteiger partial charge in [-0.2, -0.15) is 0 Å². The van der Waals surface area contributed by atoms with Crippen molar-refractivity contribution in [1.82, 2.24) is 0 Å². The monoisotopic (exact) mass is 346 g/mol. The topological polar surface area (TPSA) is 52.6 Å². The second-order valence-electron chi connectivity index (χ2n) is 7.17. The van der Waals surface area contributed by atoms with E-state index in [0.29, 0.717) is 6.42 Å². The summed E-state index contributed by atoms with van der Waals surface area (Å²) in [7, 11) is 1.58. The van der Waals surface area contributed by atoms with Crippen LogP contribution in [-0.4, -0.2) is 31.6 Å². The number of ether oxygens (including phenoxy) is 2. The van der Waals surface area contributed by atoms with Gasteiger partial charge >= 0.3 is 5.97 Å². The van der Waals surface area contributed by atoms with E-state index in [1.165, 1.54) is 12.5 Å². The fraction of sp³-hybridized carbons (Fsp3) is 0.619. The second kappa shape index (κ2) is 7.69. The molecule has 0 N–H and O–H groups in total. The van der Waals surface area contributed by atoms with Gasteiger partial charge in [-0.05, 0) is 64.2 Å². The van der Waals surface area contributed by atoms with Gasteiger partial charge in [-0.1, -0.05) is 24.1 Å². The molecule has 0 bridgehead atoms. The molecule has 0 radical (unpaired) electrons. The van der Waals surface area contributed by atoms with Crippen LogP contribution in [0.4, 0.5) is 0 Å². The third-order valence-corrected chi connectivity index (χ3v) is 5.58. The number of hydrogen-bond donors (Lipinski definition) is 0. The lowest BCUT2D eigenvalue weighted by Crippen LogP contribution is -2.56. The highest BCUT2D eigenvalue weighted by molar-refractivity contribution is 6.05. The number of benzene rings is 1. The van der Waals surface area contributed by atoms with Crippen molar-refractivity contribution in [1.29, 1.82) is 0 Å². The van der Waals surface area contributed by atoms with Gasteiger partial charge in [-0.15, -0.1) is 0 Å². The van der Waals surface area contributed by atoms with Crippen LogP contribution in [0.1, 0.15) is 61.3 Å². The maximum absolute atomic E-state index is 13.1. The Bertz CT molecular complexity index is 641. The van der Waals surface area contributed by atoms with Gasteiger partial charge in [0.2, 0.25) is 0 Å². The molecule has 4 heteroatoms. The van der Waals surface area contributed by atoms with Crippen LogP contribution in [0.3, 0.4) is 0 Å². The molecular weight excluding hydrogens is 316 g/mol. The molecule has 0 heterocycles. The Labute approximate surface area is 150 Å². The molecule has 138 valence electrons. The van der Waals surface area contributed by atoms with Gasteiger partial charge in [0.15, 0.2) is 5.41 Å². The lowest BCUT2D eigenvalue weighted by atomic mass is 9.59. The molecule has 1 aliphatic carbocycles. The van der Waals surface area contributed by atoms with E-state index in [1.54, 1.807) is 14.0 Å². The predicted octanol–water partition coefficient (Wildman–Crippen LogP) is 4.03. The zero-order valence-corrected chi connectivity index (χ0v) is 16.3. The van der Waals surface area contributed by atoms with Gasteiger partial charge < -0.3 is 9.47 Å². The summed E-state index contributed by atoms with van der Waals surface area (Å²) < 4.78 is 11.1. The maximum Gasteiger partial charge on any atom is 0.322 e. The van der Waals surface area contributed by atoms with E-state index in [9.17, 15) is 9.59 Å². The van der Waals surface area contributed by atoms with Gasteiger partial charge in [0, 0.05) is 13.0 Å². The first kappa shape index (κ1) is 19.6. The molecule has 1 aliphatic rings. The molecule has 3 unspecified atom stereocenters. The molecule has 25 heavy (non-hydrogen) atoms. The molecule has 0 aliphatic heterocycles. The Morgan fingerprint density at radius 2 is 1.76 bits per heavy atom. The highest BCUT2D eigenvalue weighted by Gasteiger charge is 2.59. The Morgan fingerprint density at radius 3 is 2.24 bits per heavy atom. The molecule has 3 atom stereocenters. The van der Waals surface area contributed by atoms with Crippen molar-refractivity contribution in [3.63, 3.8) is 0 Å². The fourth-order valence-corrected chi connectivity index (χ4v) is 4.74. The summed E-state index contributed by atoms with van der Waals surface area (Å²) in [6.45, 7) is 9.70. The first-order chi connectivity index (χ1) is 11.8. The van der Waals surface area contributed by atoms with Gasteiger partial charge in [-0.3, -0.25) is 9.59 Å². The zero-order valence-electron chi connectivity index (χ0n) is 16.3. The minimum atomic E-state index is -1.27. The lowest BCUT2D eigenvalue weighted by molar-refractivity contribution is -0.175. The second-order valence-corrected chi connectivity index (χ2v) is 7.17. The number of rotatable bonds is 5. The minimum Gasteiger partial charge on any atom is -0.465 e. The number of carbonyl (C=O) groups excluding carboxylic acids is 2. The number of esters is 1. The summed E-state index contributed by atoms with van der Waals surface area (Å²) in [5.74, 6) is -0.830. The average Bonchev–Trinajstić information content (AvgIpc) is 2.53. The normalized spacial score (nSPS) is 26.3. The molecule has 0 aromatic heterocycles. The van der Waals surface area contributed by atoms with Crippen molar-refractivity contribution in [2.24, 2.45) is 5.41 Å². The van der Waals surface area contributed by atoms with Crippen molar-refractivity contribution in [3.8, 4) is 0 Å². The van der Waals surface area contributed by atoms with E-state index in [2.05, 4.69) is 32.9 Å².